The first kappa shape index (κ1) is 17.1. The first-order chi connectivity index (χ1) is 10.6. The third-order valence-electron chi connectivity index (χ3n) is 3.66. The Hall–Kier alpha value is -1.31. The van der Waals surface area contributed by atoms with E-state index in [4.69, 9.17) is 23.2 Å². The summed E-state index contributed by atoms with van der Waals surface area (Å²) in [5.41, 5.74) is 3.51. The first-order valence-corrected chi connectivity index (χ1v) is 8.44. The highest BCUT2D eigenvalue weighted by Gasteiger charge is 2.17. The Labute approximate surface area is 142 Å². The molecule has 0 unspecified atom stereocenters. The highest BCUT2D eigenvalue weighted by Crippen LogP contribution is 2.24. The second-order valence-corrected chi connectivity index (χ2v) is 6.30. The van der Waals surface area contributed by atoms with Crippen molar-refractivity contribution in [2.75, 3.05) is 0 Å². The Kier molecular flexibility index (Phi) is 6.05. The van der Waals surface area contributed by atoms with Crippen molar-refractivity contribution >= 4 is 29.0 Å². The summed E-state index contributed by atoms with van der Waals surface area (Å²) < 4.78 is 0. The number of halogens is 2. The van der Waals surface area contributed by atoms with Crippen LogP contribution in [0.3, 0.4) is 0 Å². The molecule has 0 fully saturated rings. The fourth-order valence-corrected chi connectivity index (χ4v) is 3.05. The van der Waals surface area contributed by atoms with Crippen LogP contribution in [0.2, 0.25) is 10.0 Å². The molecule has 0 spiro atoms. The van der Waals surface area contributed by atoms with E-state index in [0.717, 1.165) is 47.9 Å². The number of carbonyl (C=O) groups is 1. The molecular weight excluding hydrogens is 315 g/mol. The van der Waals surface area contributed by atoms with Crippen molar-refractivity contribution in [3.63, 3.8) is 0 Å². The van der Waals surface area contributed by atoms with Crippen molar-refractivity contribution in [2.24, 2.45) is 0 Å². The fraction of sp³-hybridized carbons (Fsp3) is 0.316. The number of benzene rings is 2. The third kappa shape index (κ3) is 3.91. The van der Waals surface area contributed by atoms with Crippen molar-refractivity contribution in [2.45, 2.75) is 39.5 Å². The summed E-state index contributed by atoms with van der Waals surface area (Å²) in [7, 11) is 0. The normalized spacial score (nSPS) is 10.7. The summed E-state index contributed by atoms with van der Waals surface area (Å²) in [4.78, 5) is 13.0. The van der Waals surface area contributed by atoms with Gasteiger partial charge in [0.05, 0.1) is 0 Å². The van der Waals surface area contributed by atoms with Gasteiger partial charge in [-0.15, -0.1) is 0 Å². The van der Waals surface area contributed by atoms with E-state index in [-0.39, 0.29) is 5.78 Å². The van der Waals surface area contributed by atoms with E-state index < -0.39 is 0 Å². The Morgan fingerprint density at radius 1 is 0.818 bits per heavy atom. The van der Waals surface area contributed by atoms with Gasteiger partial charge in [0.15, 0.2) is 5.78 Å². The molecule has 0 aromatic heterocycles. The van der Waals surface area contributed by atoms with E-state index in [1.165, 1.54) is 0 Å². The lowest BCUT2D eigenvalue weighted by molar-refractivity contribution is 0.103. The predicted octanol–water partition coefficient (Wildman–Crippen LogP) is 6.13. The highest BCUT2D eigenvalue weighted by molar-refractivity contribution is 6.31. The van der Waals surface area contributed by atoms with Crippen LogP contribution in [-0.4, -0.2) is 5.78 Å². The van der Waals surface area contributed by atoms with E-state index in [1.54, 1.807) is 12.1 Å². The van der Waals surface area contributed by atoms with Crippen molar-refractivity contribution in [1.82, 2.24) is 0 Å². The smallest absolute Gasteiger partial charge is 0.193 e. The number of rotatable bonds is 6. The Morgan fingerprint density at radius 2 is 1.23 bits per heavy atom. The lowest BCUT2D eigenvalue weighted by Gasteiger charge is -2.12. The van der Waals surface area contributed by atoms with Gasteiger partial charge in [0.1, 0.15) is 0 Å². The van der Waals surface area contributed by atoms with Crippen LogP contribution in [0.1, 0.15) is 53.7 Å². The number of aryl methyl sites for hydroxylation is 2. The van der Waals surface area contributed by atoms with E-state index in [1.807, 2.05) is 24.3 Å². The van der Waals surface area contributed by atoms with Crippen molar-refractivity contribution < 1.29 is 4.79 Å². The summed E-state index contributed by atoms with van der Waals surface area (Å²) in [6, 6.07) is 11.0. The summed E-state index contributed by atoms with van der Waals surface area (Å²) in [5.74, 6) is 0.0558. The maximum Gasteiger partial charge on any atom is 0.193 e. The average molecular weight is 335 g/mol. The maximum absolute atomic E-state index is 13.0. The molecule has 0 saturated carbocycles. The van der Waals surface area contributed by atoms with Gasteiger partial charge in [-0.2, -0.15) is 0 Å². The quantitative estimate of drug-likeness (QED) is 0.580. The van der Waals surface area contributed by atoms with Crippen LogP contribution >= 0.6 is 23.2 Å². The molecule has 0 amide bonds. The predicted molar refractivity (Wildman–Crippen MR) is 94.3 cm³/mol. The topological polar surface area (TPSA) is 17.1 Å². The fourth-order valence-electron chi connectivity index (χ4n) is 2.67. The molecule has 1 nitrogen and oxygen atoms in total. The minimum atomic E-state index is 0.0558. The molecule has 2 aromatic carbocycles. The van der Waals surface area contributed by atoms with Gasteiger partial charge in [0.2, 0.25) is 0 Å². The van der Waals surface area contributed by atoms with Crippen LogP contribution < -0.4 is 0 Å². The van der Waals surface area contributed by atoms with Crippen molar-refractivity contribution in [3.05, 3.63) is 68.7 Å². The average Bonchev–Trinajstić information content (AvgIpc) is 2.48. The second kappa shape index (κ2) is 7.80. The monoisotopic (exact) mass is 334 g/mol. The SMILES string of the molecule is CCCc1cc(Cl)ccc1C(=O)c1ccc(Cl)cc1CCC. The van der Waals surface area contributed by atoms with E-state index in [0.29, 0.717) is 10.0 Å². The Morgan fingerprint density at radius 3 is 1.59 bits per heavy atom. The van der Waals surface area contributed by atoms with Crippen LogP contribution in [0.25, 0.3) is 0 Å². The molecule has 2 rings (SSSR count). The molecule has 0 aliphatic rings. The van der Waals surface area contributed by atoms with Gasteiger partial charge in [0.25, 0.3) is 0 Å². The minimum Gasteiger partial charge on any atom is -0.289 e. The van der Waals surface area contributed by atoms with Crippen LogP contribution in [0.5, 0.6) is 0 Å². The molecule has 116 valence electrons. The number of hydrogen-bond acceptors (Lipinski definition) is 1. The highest BCUT2D eigenvalue weighted by atomic mass is 35.5. The standard InChI is InChI=1S/C19H20Cl2O/c1-3-5-13-11-15(20)7-9-17(13)19(22)18-10-8-16(21)12-14(18)6-4-2/h7-12H,3-6H2,1-2H3. The van der Waals surface area contributed by atoms with Gasteiger partial charge in [-0.05, 0) is 60.4 Å². The minimum absolute atomic E-state index is 0.0558. The van der Waals surface area contributed by atoms with Crippen LogP contribution in [0.4, 0.5) is 0 Å². The number of hydrogen-bond donors (Lipinski definition) is 0. The summed E-state index contributed by atoms with van der Waals surface area (Å²) >= 11 is 12.2. The van der Waals surface area contributed by atoms with Crippen molar-refractivity contribution in [3.8, 4) is 0 Å². The number of ketones is 1. The van der Waals surface area contributed by atoms with Crippen LogP contribution in [-0.2, 0) is 12.8 Å². The van der Waals surface area contributed by atoms with E-state index >= 15 is 0 Å². The van der Waals surface area contributed by atoms with E-state index in [9.17, 15) is 4.79 Å². The first-order valence-electron chi connectivity index (χ1n) is 7.68. The zero-order valence-corrected chi connectivity index (χ0v) is 14.5. The van der Waals surface area contributed by atoms with Gasteiger partial charge in [0, 0.05) is 21.2 Å². The molecular formula is C19H20Cl2O. The molecule has 0 bridgehead atoms. The van der Waals surface area contributed by atoms with Crippen molar-refractivity contribution in [1.29, 1.82) is 0 Å². The largest absolute Gasteiger partial charge is 0.289 e. The molecule has 0 heterocycles. The zero-order chi connectivity index (χ0) is 16.1. The third-order valence-corrected chi connectivity index (χ3v) is 4.13. The van der Waals surface area contributed by atoms with Gasteiger partial charge >= 0.3 is 0 Å². The lowest BCUT2D eigenvalue weighted by Crippen LogP contribution is -2.09. The van der Waals surface area contributed by atoms with Gasteiger partial charge in [-0.1, -0.05) is 49.9 Å². The molecule has 2 aromatic rings. The summed E-state index contributed by atoms with van der Waals surface area (Å²) in [6.45, 7) is 4.19. The molecule has 0 N–H and O–H groups in total. The molecule has 22 heavy (non-hydrogen) atoms. The molecule has 0 aliphatic carbocycles. The van der Waals surface area contributed by atoms with Crippen LogP contribution in [0, 0.1) is 0 Å². The Balaban J connectivity index is 2.48. The molecule has 0 radical (unpaired) electrons. The zero-order valence-electron chi connectivity index (χ0n) is 13.0. The lowest BCUT2D eigenvalue weighted by atomic mass is 9.92. The van der Waals surface area contributed by atoms with Gasteiger partial charge < -0.3 is 0 Å². The molecule has 0 atom stereocenters. The molecule has 0 saturated heterocycles. The Bertz CT molecular complexity index is 620. The molecule has 3 heteroatoms. The molecule has 0 aliphatic heterocycles. The summed E-state index contributed by atoms with van der Waals surface area (Å²) in [6.07, 6.45) is 3.64. The number of carbonyl (C=O) groups excluding carboxylic acids is 1. The second-order valence-electron chi connectivity index (χ2n) is 5.43. The van der Waals surface area contributed by atoms with E-state index in [2.05, 4.69) is 13.8 Å². The van der Waals surface area contributed by atoms with Gasteiger partial charge in [-0.3, -0.25) is 4.79 Å². The summed E-state index contributed by atoms with van der Waals surface area (Å²) in [5, 5.41) is 1.34. The maximum atomic E-state index is 13.0. The van der Waals surface area contributed by atoms with Crippen LogP contribution in [0.15, 0.2) is 36.4 Å². The van der Waals surface area contributed by atoms with Gasteiger partial charge in [-0.25, -0.2) is 0 Å².